The van der Waals surface area contributed by atoms with Crippen LogP contribution in [0.25, 0.3) is 0 Å². The molecule has 1 heterocycles. The van der Waals surface area contributed by atoms with Gasteiger partial charge in [0.05, 0.1) is 5.75 Å². The predicted molar refractivity (Wildman–Crippen MR) is 60.4 cm³/mol. The summed E-state index contributed by atoms with van der Waals surface area (Å²) in [5.74, 6) is -0.891. The van der Waals surface area contributed by atoms with E-state index in [1.807, 2.05) is 0 Å². The molecule has 1 fully saturated rings. The van der Waals surface area contributed by atoms with Gasteiger partial charge in [0.1, 0.15) is 0 Å². The fraction of sp³-hybridized carbons (Fsp3) is 1.00. The van der Waals surface area contributed by atoms with Crippen molar-refractivity contribution in [1.82, 2.24) is 4.31 Å². The molecule has 4 nitrogen and oxygen atoms in total. The lowest BCUT2D eigenvalue weighted by molar-refractivity contribution is -0.222. The number of alkyl halides is 3. The molecule has 0 aromatic carbocycles. The van der Waals surface area contributed by atoms with Crippen LogP contribution in [0.1, 0.15) is 26.2 Å². The summed E-state index contributed by atoms with van der Waals surface area (Å²) in [5.41, 5.74) is 0. The number of piperidine rings is 1. The van der Waals surface area contributed by atoms with E-state index < -0.39 is 28.2 Å². The average Bonchev–Trinajstić information content (AvgIpc) is 2.27. The third-order valence-electron chi connectivity index (χ3n) is 3.14. The van der Waals surface area contributed by atoms with Gasteiger partial charge in [-0.15, -0.1) is 0 Å². The van der Waals surface area contributed by atoms with Gasteiger partial charge in [0.25, 0.3) is 0 Å². The van der Waals surface area contributed by atoms with Crippen LogP contribution in [0.2, 0.25) is 0 Å². The van der Waals surface area contributed by atoms with Crippen molar-refractivity contribution in [3.05, 3.63) is 0 Å². The normalized spacial score (nSPS) is 22.1. The molecule has 0 saturated carbocycles. The molecule has 1 N–H and O–H groups in total. The van der Waals surface area contributed by atoms with E-state index in [1.54, 1.807) is 6.92 Å². The van der Waals surface area contributed by atoms with Crippen LogP contribution in [0, 0.1) is 5.92 Å². The number of hydrogen-bond donors (Lipinski definition) is 1. The van der Waals surface area contributed by atoms with Gasteiger partial charge in [0.15, 0.2) is 6.10 Å². The molecule has 1 atom stereocenters. The van der Waals surface area contributed by atoms with Gasteiger partial charge in [0.2, 0.25) is 10.0 Å². The van der Waals surface area contributed by atoms with E-state index in [9.17, 15) is 21.6 Å². The quantitative estimate of drug-likeness (QED) is 0.850. The monoisotopic (exact) mass is 289 g/mol. The Morgan fingerprint density at radius 2 is 1.83 bits per heavy atom. The lowest BCUT2D eigenvalue weighted by Gasteiger charge is -2.34. The highest BCUT2D eigenvalue weighted by Gasteiger charge is 2.44. The molecule has 1 rings (SSSR count). The first-order valence-corrected chi connectivity index (χ1v) is 7.52. The molecule has 1 aliphatic rings. The lowest BCUT2D eigenvalue weighted by Crippen LogP contribution is -2.45. The van der Waals surface area contributed by atoms with Crippen molar-refractivity contribution < 1.29 is 26.7 Å². The second kappa shape index (κ2) is 5.75. The summed E-state index contributed by atoms with van der Waals surface area (Å²) < 4.78 is 61.5. The van der Waals surface area contributed by atoms with E-state index in [-0.39, 0.29) is 31.7 Å². The van der Waals surface area contributed by atoms with Gasteiger partial charge in [-0.1, -0.05) is 6.92 Å². The average molecular weight is 289 g/mol. The number of aliphatic hydroxyl groups is 1. The molecule has 108 valence electrons. The Bertz CT molecular complexity index is 361. The molecule has 8 heteroatoms. The number of hydrogen-bond acceptors (Lipinski definition) is 3. The van der Waals surface area contributed by atoms with Gasteiger partial charge in [-0.2, -0.15) is 13.2 Å². The zero-order valence-electron chi connectivity index (χ0n) is 10.2. The van der Waals surface area contributed by atoms with Crippen molar-refractivity contribution in [2.24, 2.45) is 5.92 Å². The van der Waals surface area contributed by atoms with E-state index in [1.165, 1.54) is 4.31 Å². The smallest absolute Gasteiger partial charge is 0.383 e. The van der Waals surface area contributed by atoms with Crippen LogP contribution in [-0.4, -0.2) is 49.0 Å². The largest absolute Gasteiger partial charge is 0.414 e. The first-order valence-electron chi connectivity index (χ1n) is 5.91. The molecule has 0 amide bonds. The van der Waals surface area contributed by atoms with Crippen LogP contribution in [-0.2, 0) is 10.0 Å². The summed E-state index contributed by atoms with van der Waals surface area (Å²) in [7, 11) is -3.35. The Hall–Kier alpha value is -0.340. The van der Waals surface area contributed by atoms with E-state index in [0.717, 1.165) is 0 Å². The van der Waals surface area contributed by atoms with Crippen molar-refractivity contribution in [3.63, 3.8) is 0 Å². The maximum absolute atomic E-state index is 12.3. The van der Waals surface area contributed by atoms with Crippen molar-refractivity contribution in [2.45, 2.75) is 38.5 Å². The van der Waals surface area contributed by atoms with E-state index >= 15 is 0 Å². The molecule has 0 aromatic rings. The number of aliphatic hydroxyl groups excluding tert-OH is 1. The maximum atomic E-state index is 12.3. The van der Waals surface area contributed by atoms with Crippen LogP contribution in [0.3, 0.4) is 0 Å². The SMILES string of the molecule is CCCS(=O)(=O)N1CCC([C@@H](O)C(F)(F)F)CC1. The summed E-state index contributed by atoms with van der Waals surface area (Å²) >= 11 is 0. The second-order valence-corrected chi connectivity index (χ2v) is 6.63. The zero-order valence-corrected chi connectivity index (χ0v) is 11.0. The first kappa shape index (κ1) is 15.7. The molecule has 0 spiro atoms. The van der Waals surface area contributed by atoms with Gasteiger partial charge in [-0.3, -0.25) is 0 Å². The van der Waals surface area contributed by atoms with Crippen molar-refractivity contribution >= 4 is 10.0 Å². The number of halogens is 3. The van der Waals surface area contributed by atoms with Crippen LogP contribution < -0.4 is 0 Å². The number of sulfonamides is 1. The van der Waals surface area contributed by atoms with Gasteiger partial charge >= 0.3 is 6.18 Å². The minimum absolute atomic E-state index is 0.0134. The number of rotatable bonds is 4. The van der Waals surface area contributed by atoms with E-state index in [4.69, 9.17) is 5.11 Å². The Labute approximate surface area is 105 Å². The van der Waals surface area contributed by atoms with E-state index in [2.05, 4.69) is 0 Å². The van der Waals surface area contributed by atoms with Gasteiger partial charge in [0, 0.05) is 13.1 Å². The highest BCUT2D eigenvalue weighted by Crippen LogP contribution is 2.32. The molecule has 18 heavy (non-hydrogen) atoms. The zero-order chi connectivity index (χ0) is 14.0. The van der Waals surface area contributed by atoms with Gasteiger partial charge in [-0.05, 0) is 25.2 Å². The maximum Gasteiger partial charge on any atom is 0.414 e. The molecule has 0 radical (unpaired) electrons. The molecule has 0 aliphatic carbocycles. The van der Waals surface area contributed by atoms with Crippen LogP contribution in [0.4, 0.5) is 13.2 Å². The highest BCUT2D eigenvalue weighted by atomic mass is 32.2. The highest BCUT2D eigenvalue weighted by molar-refractivity contribution is 7.89. The number of nitrogens with zero attached hydrogens (tertiary/aromatic N) is 1. The van der Waals surface area contributed by atoms with Crippen molar-refractivity contribution in [2.75, 3.05) is 18.8 Å². The topological polar surface area (TPSA) is 57.6 Å². The first-order chi connectivity index (χ1) is 8.18. The summed E-state index contributed by atoms with van der Waals surface area (Å²) in [4.78, 5) is 0. The predicted octanol–water partition coefficient (Wildman–Crippen LogP) is 1.36. The fourth-order valence-corrected chi connectivity index (χ4v) is 3.67. The molecular formula is C10H18F3NO3S. The summed E-state index contributed by atoms with van der Waals surface area (Å²) in [6, 6.07) is 0. The third-order valence-corrected chi connectivity index (χ3v) is 5.21. The molecule has 0 bridgehead atoms. The fourth-order valence-electron chi connectivity index (χ4n) is 2.12. The summed E-state index contributed by atoms with van der Waals surface area (Å²) in [6.07, 6.45) is -6.41. The lowest BCUT2D eigenvalue weighted by atomic mass is 9.92. The van der Waals surface area contributed by atoms with Crippen LogP contribution in [0.5, 0.6) is 0 Å². The molecule has 0 aromatic heterocycles. The van der Waals surface area contributed by atoms with Crippen LogP contribution in [0.15, 0.2) is 0 Å². The Morgan fingerprint density at radius 3 is 2.22 bits per heavy atom. The second-order valence-electron chi connectivity index (χ2n) is 4.54. The van der Waals surface area contributed by atoms with Crippen LogP contribution >= 0.6 is 0 Å². The molecule has 1 saturated heterocycles. The summed E-state index contributed by atoms with van der Waals surface area (Å²) in [6.45, 7) is 1.85. The Morgan fingerprint density at radius 1 is 1.33 bits per heavy atom. The van der Waals surface area contributed by atoms with E-state index in [0.29, 0.717) is 6.42 Å². The van der Waals surface area contributed by atoms with Crippen molar-refractivity contribution in [3.8, 4) is 0 Å². The Kier molecular flexibility index (Phi) is 5.02. The molecular weight excluding hydrogens is 271 g/mol. The minimum Gasteiger partial charge on any atom is -0.383 e. The summed E-state index contributed by atoms with van der Waals surface area (Å²) in [5, 5.41) is 9.11. The van der Waals surface area contributed by atoms with Gasteiger partial charge < -0.3 is 5.11 Å². The molecule has 0 unspecified atom stereocenters. The third kappa shape index (κ3) is 3.83. The minimum atomic E-state index is -4.63. The standard InChI is InChI=1S/C10H18F3NO3S/c1-2-7-18(16,17)14-5-3-8(4-6-14)9(15)10(11,12)13/h8-9,15H,2-7H2,1H3/t9-/m1/s1. The Balaban J connectivity index is 2.57. The van der Waals surface area contributed by atoms with Gasteiger partial charge in [-0.25, -0.2) is 12.7 Å². The van der Waals surface area contributed by atoms with Crippen molar-refractivity contribution in [1.29, 1.82) is 0 Å². The molecule has 1 aliphatic heterocycles.